The summed E-state index contributed by atoms with van der Waals surface area (Å²) in [5.41, 5.74) is 6.31. The molecule has 3 rings (SSSR count). The number of hydrogen-bond donors (Lipinski definition) is 1. The third-order valence-corrected chi connectivity index (χ3v) is 6.54. The molecule has 0 aromatic rings. The SMILES string of the molecule is CC(C)N(C)C(=O)C1CCN(C(=O)C2C3CCC(C3)C2N)CC1. The fourth-order valence-electron chi connectivity index (χ4n) is 4.80. The van der Waals surface area contributed by atoms with E-state index in [0.717, 1.165) is 19.3 Å². The van der Waals surface area contributed by atoms with E-state index >= 15 is 0 Å². The van der Waals surface area contributed by atoms with E-state index in [2.05, 4.69) is 0 Å². The Balaban J connectivity index is 1.55. The standard InChI is InChI=1S/C18H31N3O2/c1-11(2)20(3)17(22)12-6-8-21(9-7-12)18(23)15-13-4-5-14(10-13)16(15)19/h11-16H,4-10,19H2,1-3H3. The molecule has 2 saturated carbocycles. The van der Waals surface area contributed by atoms with Crippen LogP contribution in [0.4, 0.5) is 0 Å². The third kappa shape index (κ3) is 3.00. The van der Waals surface area contributed by atoms with Crippen molar-refractivity contribution < 1.29 is 9.59 Å². The van der Waals surface area contributed by atoms with Gasteiger partial charge >= 0.3 is 0 Å². The van der Waals surface area contributed by atoms with Crippen molar-refractivity contribution >= 4 is 11.8 Å². The molecule has 2 bridgehead atoms. The van der Waals surface area contributed by atoms with E-state index in [1.165, 1.54) is 12.8 Å². The lowest BCUT2D eigenvalue weighted by Gasteiger charge is -2.37. The molecule has 1 heterocycles. The molecule has 4 unspecified atom stereocenters. The molecule has 1 aliphatic heterocycles. The second kappa shape index (κ2) is 6.42. The van der Waals surface area contributed by atoms with Gasteiger partial charge in [0.15, 0.2) is 0 Å². The smallest absolute Gasteiger partial charge is 0.227 e. The Labute approximate surface area is 139 Å². The summed E-state index contributed by atoms with van der Waals surface area (Å²) in [5, 5.41) is 0. The average Bonchev–Trinajstić information content (AvgIpc) is 3.14. The largest absolute Gasteiger partial charge is 0.343 e. The highest BCUT2D eigenvalue weighted by atomic mass is 16.2. The predicted octanol–water partition coefficient (Wildman–Crippen LogP) is 1.47. The van der Waals surface area contributed by atoms with Crippen LogP contribution < -0.4 is 5.73 Å². The lowest BCUT2D eigenvalue weighted by atomic mass is 9.83. The first-order valence-corrected chi connectivity index (χ1v) is 9.21. The van der Waals surface area contributed by atoms with E-state index in [9.17, 15) is 9.59 Å². The molecule has 2 amide bonds. The first-order valence-electron chi connectivity index (χ1n) is 9.21. The Morgan fingerprint density at radius 2 is 1.70 bits per heavy atom. The van der Waals surface area contributed by atoms with E-state index in [0.29, 0.717) is 24.9 Å². The van der Waals surface area contributed by atoms with Gasteiger partial charge in [-0.15, -0.1) is 0 Å². The minimum absolute atomic E-state index is 0.0411. The zero-order valence-corrected chi connectivity index (χ0v) is 14.7. The van der Waals surface area contributed by atoms with Crippen LogP contribution in [0, 0.1) is 23.7 Å². The van der Waals surface area contributed by atoms with Crippen LogP contribution in [0.1, 0.15) is 46.0 Å². The van der Waals surface area contributed by atoms with Gasteiger partial charge in [-0.25, -0.2) is 0 Å². The average molecular weight is 321 g/mol. The molecular formula is C18H31N3O2. The maximum atomic E-state index is 12.9. The fraction of sp³-hybridized carbons (Fsp3) is 0.889. The van der Waals surface area contributed by atoms with E-state index in [1.807, 2.05) is 30.7 Å². The number of fused-ring (bicyclic) bond motifs is 2. The molecule has 0 aromatic carbocycles. The number of rotatable bonds is 3. The highest BCUT2D eigenvalue weighted by molar-refractivity contribution is 5.82. The maximum Gasteiger partial charge on any atom is 0.227 e. The molecule has 130 valence electrons. The van der Waals surface area contributed by atoms with Crippen molar-refractivity contribution in [2.45, 2.75) is 58.0 Å². The Hall–Kier alpha value is -1.10. The van der Waals surface area contributed by atoms with Gasteiger partial charge in [0.05, 0.1) is 5.92 Å². The lowest BCUT2D eigenvalue weighted by Crippen LogP contribution is -2.50. The van der Waals surface area contributed by atoms with Gasteiger partial charge < -0.3 is 15.5 Å². The lowest BCUT2D eigenvalue weighted by molar-refractivity contribution is -0.144. The number of nitrogens with zero attached hydrogens (tertiary/aromatic N) is 2. The van der Waals surface area contributed by atoms with Crippen LogP contribution in [-0.2, 0) is 9.59 Å². The van der Waals surface area contributed by atoms with Gasteiger partial charge in [0, 0.05) is 38.1 Å². The fourth-order valence-corrected chi connectivity index (χ4v) is 4.80. The molecule has 3 aliphatic rings. The third-order valence-electron chi connectivity index (χ3n) is 6.54. The van der Waals surface area contributed by atoms with Gasteiger partial charge in [-0.05, 0) is 57.8 Å². The monoisotopic (exact) mass is 321 g/mol. The Kier molecular flexibility index (Phi) is 4.68. The quantitative estimate of drug-likeness (QED) is 0.856. The number of piperidine rings is 1. The molecule has 5 nitrogen and oxygen atoms in total. The summed E-state index contributed by atoms with van der Waals surface area (Å²) >= 11 is 0. The van der Waals surface area contributed by atoms with Crippen LogP contribution in [-0.4, -0.2) is 53.8 Å². The summed E-state index contributed by atoms with van der Waals surface area (Å²) in [6.07, 6.45) is 5.09. The molecule has 4 atom stereocenters. The molecule has 0 spiro atoms. The van der Waals surface area contributed by atoms with Crippen molar-refractivity contribution in [3.63, 3.8) is 0 Å². The first kappa shape index (κ1) is 16.7. The molecule has 1 saturated heterocycles. The zero-order valence-electron chi connectivity index (χ0n) is 14.7. The van der Waals surface area contributed by atoms with Crippen LogP contribution in [0.5, 0.6) is 0 Å². The second-order valence-corrected chi connectivity index (χ2v) is 8.08. The molecule has 5 heteroatoms. The number of carbonyl (C=O) groups excluding carboxylic acids is 2. The summed E-state index contributed by atoms with van der Waals surface area (Å²) < 4.78 is 0. The van der Waals surface area contributed by atoms with Crippen molar-refractivity contribution in [3.05, 3.63) is 0 Å². The van der Waals surface area contributed by atoms with Crippen molar-refractivity contribution in [2.75, 3.05) is 20.1 Å². The second-order valence-electron chi connectivity index (χ2n) is 8.08. The minimum Gasteiger partial charge on any atom is -0.343 e. The Morgan fingerprint density at radius 3 is 2.22 bits per heavy atom. The van der Waals surface area contributed by atoms with Crippen LogP contribution in [0.2, 0.25) is 0 Å². The van der Waals surface area contributed by atoms with Crippen molar-refractivity contribution in [1.82, 2.24) is 9.80 Å². The molecule has 23 heavy (non-hydrogen) atoms. The van der Waals surface area contributed by atoms with Crippen LogP contribution in [0.15, 0.2) is 0 Å². The topological polar surface area (TPSA) is 66.6 Å². The number of amides is 2. The summed E-state index contributed by atoms with van der Waals surface area (Å²) in [4.78, 5) is 29.1. The van der Waals surface area contributed by atoms with Gasteiger partial charge in [0.2, 0.25) is 11.8 Å². The molecule has 2 N–H and O–H groups in total. The van der Waals surface area contributed by atoms with Crippen molar-refractivity contribution in [3.8, 4) is 0 Å². The normalized spacial score (nSPS) is 34.2. The van der Waals surface area contributed by atoms with Gasteiger partial charge in [-0.2, -0.15) is 0 Å². The van der Waals surface area contributed by atoms with Gasteiger partial charge in [-0.1, -0.05) is 0 Å². The predicted molar refractivity (Wildman–Crippen MR) is 89.5 cm³/mol. The molecule has 0 radical (unpaired) electrons. The molecule has 0 aromatic heterocycles. The number of hydrogen-bond acceptors (Lipinski definition) is 3. The number of nitrogens with two attached hydrogens (primary N) is 1. The summed E-state index contributed by atoms with van der Waals surface area (Å²) in [7, 11) is 1.87. The van der Waals surface area contributed by atoms with E-state index < -0.39 is 0 Å². The first-order chi connectivity index (χ1) is 10.9. The highest BCUT2D eigenvalue weighted by Crippen LogP contribution is 2.48. The molecule has 2 aliphatic carbocycles. The van der Waals surface area contributed by atoms with Gasteiger partial charge in [0.1, 0.15) is 0 Å². The zero-order chi connectivity index (χ0) is 16.7. The van der Waals surface area contributed by atoms with Crippen LogP contribution in [0.25, 0.3) is 0 Å². The Morgan fingerprint density at radius 1 is 1.09 bits per heavy atom. The molecule has 3 fully saturated rings. The van der Waals surface area contributed by atoms with Gasteiger partial charge in [0.25, 0.3) is 0 Å². The van der Waals surface area contributed by atoms with E-state index in [4.69, 9.17) is 5.73 Å². The minimum atomic E-state index is 0.0411. The van der Waals surface area contributed by atoms with Crippen LogP contribution >= 0.6 is 0 Å². The highest BCUT2D eigenvalue weighted by Gasteiger charge is 2.50. The number of likely N-dealkylation sites (tertiary alicyclic amines) is 1. The Bertz CT molecular complexity index is 469. The van der Waals surface area contributed by atoms with Crippen LogP contribution in [0.3, 0.4) is 0 Å². The van der Waals surface area contributed by atoms with Crippen molar-refractivity contribution in [2.24, 2.45) is 29.4 Å². The van der Waals surface area contributed by atoms with Crippen molar-refractivity contribution in [1.29, 1.82) is 0 Å². The summed E-state index contributed by atoms with van der Waals surface area (Å²) in [6, 6.07) is 0.293. The maximum absolute atomic E-state index is 12.9. The summed E-state index contributed by atoms with van der Waals surface area (Å²) in [6.45, 7) is 5.49. The summed E-state index contributed by atoms with van der Waals surface area (Å²) in [5.74, 6) is 1.66. The number of carbonyl (C=O) groups is 2. The van der Waals surface area contributed by atoms with Gasteiger partial charge in [-0.3, -0.25) is 9.59 Å². The van der Waals surface area contributed by atoms with E-state index in [1.54, 1.807) is 0 Å². The molecular weight excluding hydrogens is 290 g/mol. The van der Waals surface area contributed by atoms with E-state index in [-0.39, 0.29) is 35.7 Å².